The lowest BCUT2D eigenvalue weighted by Gasteiger charge is -2.35. The highest BCUT2D eigenvalue weighted by atomic mass is 16.8. The van der Waals surface area contributed by atoms with Crippen molar-refractivity contribution in [3.8, 4) is 11.1 Å². The maximum Gasteiger partial charge on any atom is 0.411 e. The topological polar surface area (TPSA) is 119 Å². The van der Waals surface area contributed by atoms with Gasteiger partial charge in [-0.3, -0.25) is 9.69 Å². The molecular weight excluding hydrogens is 534 g/mol. The second-order valence-electron chi connectivity index (χ2n) is 9.45. The van der Waals surface area contributed by atoms with Crippen molar-refractivity contribution >= 4 is 18.0 Å². The van der Waals surface area contributed by atoms with Gasteiger partial charge in [0.1, 0.15) is 6.04 Å². The highest BCUT2D eigenvalue weighted by Gasteiger charge is 2.43. The molecule has 0 N–H and O–H groups in total. The van der Waals surface area contributed by atoms with Gasteiger partial charge in [0.05, 0.1) is 13.2 Å². The minimum Gasteiger partial charge on any atom is -0.453 e. The summed E-state index contributed by atoms with van der Waals surface area (Å²) >= 11 is 0. The van der Waals surface area contributed by atoms with Crippen molar-refractivity contribution in [3.63, 3.8) is 0 Å². The average molecular weight is 574 g/mol. The quantitative estimate of drug-likeness (QED) is 0.178. The van der Waals surface area contributed by atoms with E-state index in [0.29, 0.717) is 0 Å². The molecule has 11 heteroatoms. The van der Waals surface area contributed by atoms with Gasteiger partial charge in [-0.1, -0.05) is 48.5 Å². The van der Waals surface area contributed by atoms with E-state index in [2.05, 4.69) is 0 Å². The second kappa shape index (κ2) is 14.9. The number of rotatable bonds is 14. The first-order chi connectivity index (χ1) is 19.6. The van der Waals surface area contributed by atoms with Crippen molar-refractivity contribution in [2.75, 3.05) is 21.3 Å². The van der Waals surface area contributed by atoms with E-state index in [1.54, 1.807) is 20.8 Å². The molecular formula is C30H39NO10. The minimum absolute atomic E-state index is 0.118. The largest absolute Gasteiger partial charge is 0.453 e. The lowest BCUT2D eigenvalue weighted by molar-refractivity contribution is -0.225. The molecule has 0 saturated heterocycles. The molecule has 41 heavy (non-hydrogen) atoms. The van der Waals surface area contributed by atoms with E-state index in [1.165, 1.54) is 33.2 Å². The molecule has 0 fully saturated rings. The van der Waals surface area contributed by atoms with Gasteiger partial charge in [-0.2, -0.15) is 0 Å². The number of methoxy groups -OCH3 is 3. The average Bonchev–Trinajstić information content (AvgIpc) is 3.28. The number of amides is 1. The normalized spacial score (nSPS) is 16.0. The molecule has 224 valence electrons. The molecule has 0 heterocycles. The first-order valence-electron chi connectivity index (χ1n) is 13.4. The molecule has 0 spiro atoms. The smallest absolute Gasteiger partial charge is 0.411 e. The molecule has 1 aliphatic carbocycles. The van der Waals surface area contributed by atoms with Crippen LogP contribution in [0.5, 0.6) is 0 Å². The molecule has 2 aromatic rings. The van der Waals surface area contributed by atoms with Gasteiger partial charge < -0.3 is 33.2 Å². The van der Waals surface area contributed by atoms with Crippen molar-refractivity contribution in [3.05, 3.63) is 59.7 Å². The van der Waals surface area contributed by atoms with E-state index < -0.39 is 55.3 Å². The summed E-state index contributed by atoms with van der Waals surface area (Å²) in [4.78, 5) is 41.2. The summed E-state index contributed by atoms with van der Waals surface area (Å²) in [5, 5.41) is 0. The number of benzene rings is 2. The van der Waals surface area contributed by atoms with Gasteiger partial charge in [-0.15, -0.1) is 0 Å². The van der Waals surface area contributed by atoms with Crippen LogP contribution in [0.2, 0.25) is 0 Å². The zero-order valence-corrected chi connectivity index (χ0v) is 24.5. The fraction of sp³-hybridized carbons (Fsp3) is 0.500. The summed E-state index contributed by atoms with van der Waals surface area (Å²) in [6.45, 7) is 6.41. The summed E-state index contributed by atoms with van der Waals surface area (Å²) in [7, 11) is 4.16. The molecule has 0 aromatic heterocycles. The Morgan fingerprint density at radius 3 is 1.71 bits per heavy atom. The van der Waals surface area contributed by atoms with Gasteiger partial charge in [0, 0.05) is 20.6 Å². The molecule has 0 saturated carbocycles. The number of ether oxygens (including phenoxy) is 7. The Kier molecular flexibility index (Phi) is 11.7. The molecule has 0 radical (unpaired) electrons. The Bertz CT molecular complexity index is 1140. The van der Waals surface area contributed by atoms with Gasteiger partial charge in [-0.05, 0) is 56.4 Å². The number of fused-ring (bicyclic) bond motifs is 3. The third kappa shape index (κ3) is 8.04. The van der Waals surface area contributed by atoms with Crippen LogP contribution in [0.15, 0.2) is 48.5 Å². The van der Waals surface area contributed by atoms with E-state index in [0.717, 1.165) is 22.3 Å². The van der Waals surface area contributed by atoms with Crippen molar-refractivity contribution < 1.29 is 47.5 Å². The van der Waals surface area contributed by atoms with Crippen LogP contribution in [0.25, 0.3) is 11.1 Å². The molecule has 5 atom stereocenters. The van der Waals surface area contributed by atoms with Crippen LogP contribution in [0.3, 0.4) is 0 Å². The van der Waals surface area contributed by atoms with Crippen molar-refractivity contribution in [1.29, 1.82) is 0 Å². The van der Waals surface area contributed by atoms with Crippen LogP contribution in [0.4, 0.5) is 4.79 Å². The van der Waals surface area contributed by atoms with Gasteiger partial charge in [0.25, 0.3) is 0 Å². The van der Waals surface area contributed by atoms with E-state index in [1.807, 2.05) is 48.5 Å². The minimum atomic E-state index is -1.24. The second-order valence-corrected chi connectivity index (χ2v) is 9.45. The highest BCUT2D eigenvalue weighted by molar-refractivity contribution is 5.86. The Morgan fingerprint density at radius 2 is 1.22 bits per heavy atom. The molecule has 1 amide bonds. The number of carbonyl (C=O) groups excluding carboxylic acids is 3. The summed E-state index contributed by atoms with van der Waals surface area (Å²) in [6.07, 6.45) is -4.23. The van der Waals surface area contributed by atoms with Crippen LogP contribution in [0, 0.1) is 0 Å². The predicted octanol–water partition coefficient (Wildman–Crippen LogP) is 4.77. The monoisotopic (exact) mass is 573 g/mol. The standard InChI is InChI=1S/C30H39NO10/c1-18(35-5)38-20(3)40-27(32)17-16-26(29(33)41-21(4)39-19(2)36-6)31(30(34)37-7)28-24-14-10-8-12-22(24)23-13-9-11-15-25(23)28/h8-15,18-21,26,28H,16-17H2,1-7H3. The Morgan fingerprint density at radius 1 is 0.732 bits per heavy atom. The maximum absolute atomic E-state index is 13.7. The molecule has 1 aliphatic rings. The molecule has 0 bridgehead atoms. The lowest BCUT2D eigenvalue weighted by atomic mass is 9.99. The summed E-state index contributed by atoms with van der Waals surface area (Å²) in [5.41, 5.74) is 3.48. The number of hydrogen-bond donors (Lipinski definition) is 0. The van der Waals surface area contributed by atoms with E-state index in [-0.39, 0.29) is 12.8 Å². The molecule has 5 unspecified atom stereocenters. The maximum atomic E-state index is 13.7. The van der Waals surface area contributed by atoms with Crippen LogP contribution < -0.4 is 0 Å². The third-order valence-corrected chi connectivity index (χ3v) is 6.70. The van der Waals surface area contributed by atoms with Crippen molar-refractivity contribution in [1.82, 2.24) is 4.90 Å². The molecule has 0 aliphatic heterocycles. The summed E-state index contributed by atoms with van der Waals surface area (Å²) in [5.74, 6) is -1.41. The summed E-state index contributed by atoms with van der Waals surface area (Å²) in [6, 6.07) is 13.3. The first-order valence-corrected chi connectivity index (χ1v) is 13.4. The van der Waals surface area contributed by atoms with Gasteiger partial charge in [0.2, 0.25) is 12.6 Å². The Balaban J connectivity index is 1.95. The van der Waals surface area contributed by atoms with Crippen molar-refractivity contribution in [2.24, 2.45) is 0 Å². The number of hydrogen-bond acceptors (Lipinski definition) is 10. The Labute approximate surface area is 240 Å². The third-order valence-electron chi connectivity index (χ3n) is 6.70. The number of carbonyl (C=O) groups is 3. The predicted molar refractivity (Wildman–Crippen MR) is 147 cm³/mol. The highest BCUT2D eigenvalue weighted by Crippen LogP contribution is 2.47. The number of nitrogens with zero attached hydrogens (tertiary/aromatic N) is 1. The van der Waals surface area contributed by atoms with Gasteiger partial charge in [0.15, 0.2) is 12.6 Å². The van der Waals surface area contributed by atoms with Crippen LogP contribution in [0.1, 0.15) is 57.7 Å². The zero-order chi connectivity index (χ0) is 30.1. The molecule has 2 aromatic carbocycles. The fourth-order valence-corrected chi connectivity index (χ4v) is 4.76. The van der Waals surface area contributed by atoms with Crippen LogP contribution in [-0.2, 0) is 42.7 Å². The van der Waals surface area contributed by atoms with Crippen LogP contribution >= 0.6 is 0 Å². The fourth-order valence-electron chi connectivity index (χ4n) is 4.76. The first kappa shape index (κ1) is 32.0. The number of esters is 2. The molecule has 3 rings (SSSR count). The zero-order valence-electron chi connectivity index (χ0n) is 24.5. The van der Waals surface area contributed by atoms with E-state index in [4.69, 9.17) is 33.2 Å². The van der Waals surface area contributed by atoms with Gasteiger partial charge >= 0.3 is 18.0 Å². The lowest BCUT2D eigenvalue weighted by Crippen LogP contribution is -2.49. The van der Waals surface area contributed by atoms with Crippen molar-refractivity contribution in [2.45, 2.75) is 77.8 Å². The van der Waals surface area contributed by atoms with Gasteiger partial charge in [-0.25, -0.2) is 9.59 Å². The SMILES string of the molecule is COC(=O)N(C(CCC(=O)OC(C)OC(C)OC)C(=O)OC(C)OC(C)OC)C1c2ccccc2-c2ccccc21. The molecule has 11 nitrogen and oxygen atoms in total. The van der Waals surface area contributed by atoms with E-state index >= 15 is 0 Å². The van der Waals surface area contributed by atoms with E-state index in [9.17, 15) is 14.4 Å². The Hall–Kier alpha value is -3.51. The van der Waals surface area contributed by atoms with Crippen LogP contribution in [-0.4, -0.2) is 75.5 Å². The summed E-state index contributed by atoms with van der Waals surface area (Å²) < 4.78 is 37.2.